The fourth-order valence-corrected chi connectivity index (χ4v) is 1.58. The lowest BCUT2D eigenvalue weighted by Gasteiger charge is -2.14. The molecule has 1 aromatic rings. The van der Waals surface area contributed by atoms with Gasteiger partial charge < -0.3 is 9.47 Å². The molecule has 0 saturated carbocycles. The van der Waals surface area contributed by atoms with Crippen molar-refractivity contribution in [3.8, 4) is 0 Å². The van der Waals surface area contributed by atoms with Crippen molar-refractivity contribution >= 4 is 5.57 Å². The van der Waals surface area contributed by atoms with E-state index in [4.69, 9.17) is 9.47 Å². The van der Waals surface area contributed by atoms with Crippen molar-refractivity contribution in [2.75, 3.05) is 13.2 Å². The van der Waals surface area contributed by atoms with E-state index < -0.39 is 0 Å². The highest BCUT2D eigenvalue weighted by Gasteiger charge is 2.09. The quantitative estimate of drug-likeness (QED) is 0.678. The molecule has 16 heavy (non-hydrogen) atoms. The zero-order chi connectivity index (χ0) is 11.8. The molecule has 1 aromatic carbocycles. The Balaban J connectivity index is 3.04. The van der Waals surface area contributed by atoms with Crippen molar-refractivity contribution < 1.29 is 9.47 Å². The molecule has 0 saturated heterocycles. The molecule has 88 valence electrons. The largest absolute Gasteiger partial charge is 0.466 e. The Labute approximate surface area is 97.9 Å². The molecule has 0 N–H and O–H groups in total. The first-order chi connectivity index (χ1) is 7.83. The molecule has 2 heteroatoms. The molecule has 2 nitrogen and oxygen atoms in total. The number of hydrogen-bond donors (Lipinski definition) is 0. The molecule has 0 aliphatic heterocycles. The zero-order valence-electron chi connectivity index (χ0n) is 10.3. The molecule has 0 aliphatic carbocycles. The summed E-state index contributed by atoms with van der Waals surface area (Å²) in [5.41, 5.74) is 2.30. The number of rotatable bonds is 6. The minimum absolute atomic E-state index is 0.631. The molecule has 0 amide bonds. The standard InChI is InChI=1S/C14H20O2/c1-4-13(12-10-8-7-9-11-12)14(15-5-2)16-6-3/h7-11H,4-6H2,1-3H3. The highest BCUT2D eigenvalue weighted by atomic mass is 16.7. The molecule has 0 heterocycles. The van der Waals surface area contributed by atoms with E-state index in [1.165, 1.54) is 5.56 Å². The minimum Gasteiger partial charge on any atom is -0.466 e. The minimum atomic E-state index is 0.631. The summed E-state index contributed by atoms with van der Waals surface area (Å²) in [6, 6.07) is 10.2. The van der Waals surface area contributed by atoms with Gasteiger partial charge in [-0.2, -0.15) is 0 Å². The topological polar surface area (TPSA) is 18.5 Å². The van der Waals surface area contributed by atoms with E-state index in [0.717, 1.165) is 12.0 Å². The van der Waals surface area contributed by atoms with Crippen LogP contribution in [0.1, 0.15) is 32.8 Å². The highest BCUT2D eigenvalue weighted by Crippen LogP contribution is 2.23. The van der Waals surface area contributed by atoms with E-state index in [9.17, 15) is 0 Å². The van der Waals surface area contributed by atoms with Crippen LogP contribution >= 0.6 is 0 Å². The third kappa shape index (κ3) is 3.30. The first-order valence-corrected chi connectivity index (χ1v) is 5.87. The van der Waals surface area contributed by atoms with Crippen molar-refractivity contribution in [1.82, 2.24) is 0 Å². The molecule has 0 aromatic heterocycles. The predicted molar refractivity (Wildman–Crippen MR) is 66.9 cm³/mol. The average molecular weight is 220 g/mol. The van der Waals surface area contributed by atoms with E-state index >= 15 is 0 Å². The van der Waals surface area contributed by atoms with Gasteiger partial charge in [0, 0.05) is 5.57 Å². The summed E-state index contributed by atoms with van der Waals surface area (Å²) in [7, 11) is 0. The first kappa shape index (κ1) is 12.6. The number of benzene rings is 1. The van der Waals surface area contributed by atoms with Gasteiger partial charge in [-0.3, -0.25) is 0 Å². The van der Waals surface area contributed by atoms with Crippen molar-refractivity contribution in [3.63, 3.8) is 0 Å². The molecule has 0 radical (unpaired) electrons. The van der Waals surface area contributed by atoms with Gasteiger partial charge in [-0.25, -0.2) is 0 Å². The first-order valence-electron chi connectivity index (χ1n) is 5.87. The summed E-state index contributed by atoms with van der Waals surface area (Å²) >= 11 is 0. The maximum atomic E-state index is 5.55. The maximum absolute atomic E-state index is 5.55. The van der Waals surface area contributed by atoms with Gasteiger partial charge in [0.05, 0.1) is 13.2 Å². The van der Waals surface area contributed by atoms with Gasteiger partial charge in [0.15, 0.2) is 0 Å². The van der Waals surface area contributed by atoms with Gasteiger partial charge in [0.1, 0.15) is 0 Å². The van der Waals surface area contributed by atoms with Crippen LogP contribution in [0.3, 0.4) is 0 Å². The summed E-state index contributed by atoms with van der Waals surface area (Å²) in [4.78, 5) is 0. The molecule has 0 unspecified atom stereocenters. The Hall–Kier alpha value is -1.44. The molecule has 0 bridgehead atoms. The van der Waals surface area contributed by atoms with Gasteiger partial charge in [0.25, 0.3) is 5.95 Å². The number of allylic oxidation sites excluding steroid dienone is 1. The smallest absolute Gasteiger partial charge is 0.283 e. The lowest BCUT2D eigenvalue weighted by molar-refractivity contribution is 0.0485. The molecular formula is C14H20O2. The second-order valence-electron chi connectivity index (χ2n) is 3.35. The maximum Gasteiger partial charge on any atom is 0.283 e. The summed E-state index contributed by atoms with van der Waals surface area (Å²) in [6.45, 7) is 7.31. The Bertz CT molecular complexity index is 320. The van der Waals surface area contributed by atoms with E-state index in [2.05, 4.69) is 19.1 Å². The lowest BCUT2D eigenvalue weighted by atomic mass is 10.0. The monoisotopic (exact) mass is 220 g/mol. The van der Waals surface area contributed by atoms with Crippen LogP contribution in [-0.2, 0) is 9.47 Å². The van der Waals surface area contributed by atoms with E-state index in [-0.39, 0.29) is 0 Å². The Kier molecular flexibility index (Phi) is 5.48. The summed E-state index contributed by atoms with van der Waals surface area (Å²) in [6.07, 6.45) is 0.902. The molecule has 0 fully saturated rings. The van der Waals surface area contributed by atoms with E-state index in [1.807, 2.05) is 32.0 Å². The van der Waals surface area contributed by atoms with Crippen LogP contribution in [0.2, 0.25) is 0 Å². The fraction of sp³-hybridized carbons (Fsp3) is 0.429. The van der Waals surface area contributed by atoms with Crippen LogP contribution in [0.5, 0.6) is 0 Å². The van der Waals surface area contributed by atoms with Crippen LogP contribution in [0, 0.1) is 0 Å². The summed E-state index contributed by atoms with van der Waals surface area (Å²) in [5, 5.41) is 0. The predicted octanol–water partition coefficient (Wildman–Crippen LogP) is 3.84. The van der Waals surface area contributed by atoms with Gasteiger partial charge in [-0.1, -0.05) is 37.3 Å². The Morgan fingerprint density at radius 3 is 1.94 bits per heavy atom. The number of hydrogen-bond acceptors (Lipinski definition) is 2. The van der Waals surface area contributed by atoms with E-state index in [1.54, 1.807) is 0 Å². The number of ether oxygens (including phenoxy) is 2. The van der Waals surface area contributed by atoms with Crippen molar-refractivity contribution in [3.05, 3.63) is 41.8 Å². The Morgan fingerprint density at radius 2 is 1.50 bits per heavy atom. The second-order valence-corrected chi connectivity index (χ2v) is 3.35. The van der Waals surface area contributed by atoms with Gasteiger partial charge in [-0.15, -0.1) is 0 Å². The average Bonchev–Trinajstić information content (AvgIpc) is 2.32. The van der Waals surface area contributed by atoms with Crippen LogP contribution < -0.4 is 0 Å². The third-order valence-corrected chi connectivity index (χ3v) is 2.27. The third-order valence-electron chi connectivity index (χ3n) is 2.27. The van der Waals surface area contributed by atoms with Crippen LogP contribution in [0.4, 0.5) is 0 Å². The molecular weight excluding hydrogens is 200 g/mol. The van der Waals surface area contributed by atoms with Crippen LogP contribution in [0.25, 0.3) is 5.57 Å². The summed E-state index contributed by atoms with van der Waals surface area (Å²) < 4.78 is 11.1. The van der Waals surface area contributed by atoms with Gasteiger partial charge in [-0.05, 0) is 25.8 Å². The normalized spacial score (nSPS) is 9.69. The van der Waals surface area contributed by atoms with Crippen LogP contribution in [-0.4, -0.2) is 13.2 Å². The highest BCUT2D eigenvalue weighted by molar-refractivity contribution is 5.66. The van der Waals surface area contributed by atoms with Crippen LogP contribution in [0.15, 0.2) is 36.3 Å². The lowest BCUT2D eigenvalue weighted by Crippen LogP contribution is -2.02. The van der Waals surface area contributed by atoms with Crippen molar-refractivity contribution in [1.29, 1.82) is 0 Å². The summed E-state index contributed by atoms with van der Waals surface area (Å²) in [5.74, 6) is 0.665. The van der Waals surface area contributed by atoms with Crippen molar-refractivity contribution in [2.45, 2.75) is 27.2 Å². The molecule has 0 aliphatic rings. The molecule has 0 spiro atoms. The van der Waals surface area contributed by atoms with E-state index in [0.29, 0.717) is 19.2 Å². The second kappa shape index (κ2) is 6.94. The molecule has 1 rings (SSSR count). The van der Waals surface area contributed by atoms with Gasteiger partial charge >= 0.3 is 0 Å². The van der Waals surface area contributed by atoms with Gasteiger partial charge in [0.2, 0.25) is 0 Å². The van der Waals surface area contributed by atoms with Crippen molar-refractivity contribution in [2.24, 2.45) is 0 Å². The SMILES string of the molecule is CCOC(OCC)=C(CC)c1ccccc1. The zero-order valence-corrected chi connectivity index (χ0v) is 10.3. The Morgan fingerprint density at radius 1 is 0.938 bits per heavy atom. The molecule has 0 atom stereocenters. The fourth-order valence-electron chi connectivity index (χ4n) is 1.58.